The van der Waals surface area contributed by atoms with Crippen molar-refractivity contribution in [2.45, 2.75) is 0 Å². The summed E-state index contributed by atoms with van der Waals surface area (Å²) in [5.41, 5.74) is 3.20. The third-order valence-corrected chi connectivity index (χ3v) is 4.04. The molecule has 0 saturated heterocycles. The molecule has 0 radical (unpaired) electrons. The smallest absolute Gasteiger partial charge is 0.271 e. The van der Waals surface area contributed by atoms with Gasteiger partial charge in [-0.1, -0.05) is 23.2 Å². The Balaban J connectivity index is 2.25. The maximum atomic E-state index is 12.4. The molecule has 9 heteroatoms. The van der Waals surface area contributed by atoms with Gasteiger partial charge in [-0.3, -0.25) is 4.79 Å². The molecule has 0 fully saturated rings. The quantitative estimate of drug-likeness (QED) is 0.552. The Hall–Kier alpha value is -2.64. The van der Waals surface area contributed by atoms with Gasteiger partial charge >= 0.3 is 0 Å². The summed E-state index contributed by atoms with van der Waals surface area (Å²) in [6.07, 6.45) is 1.38. The summed E-state index contributed by atoms with van der Waals surface area (Å²) < 4.78 is 20.9. The third-order valence-electron chi connectivity index (χ3n) is 3.54. The van der Waals surface area contributed by atoms with E-state index in [9.17, 15) is 4.79 Å². The van der Waals surface area contributed by atoms with Crippen LogP contribution in [-0.2, 0) is 0 Å². The Labute approximate surface area is 166 Å². The van der Waals surface area contributed by atoms with E-state index in [4.69, 9.17) is 42.1 Å². The molecule has 27 heavy (non-hydrogen) atoms. The molecule has 144 valence electrons. The van der Waals surface area contributed by atoms with Crippen LogP contribution < -0.4 is 24.4 Å². The number of halogens is 2. The zero-order valence-electron chi connectivity index (χ0n) is 15.1. The number of hydrogen-bond donors (Lipinski definition) is 1. The topological polar surface area (TPSA) is 78.4 Å². The molecule has 2 aromatic rings. The van der Waals surface area contributed by atoms with Gasteiger partial charge in [0, 0.05) is 16.1 Å². The average Bonchev–Trinajstić information content (AvgIpc) is 2.66. The number of amides is 1. The highest BCUT2D eigenvalue weighted by Gasteiger charge is 2.17. The van der Waals surface area contributed by atoms with Gasteiger partial charge in [-0.25, -0.2) is 5.43 Å². The van der Waals surface area contributed by atoms with Crippen molar-refractivity contribution in [1.82, 2.24) is 5.43 Å². The van der Waals surface area contributed by atoms with E-state index in [1.54, 1.807) is 12.1 Å². The van der Waals surface area contributed by atoms with Crippen LogP contribution in [0.15, 0.2) is 29.4 Å². The number of hydrazone groups is 1. The van der Waals surface area contributed by atoms with Crippen molar-refractivity contribution in [3.8, 4) is 23.0 Å². The van der Waals surface area contributed by atoms with E-state index >= 15 is 0 Å². The average molecular weight is 413 g/mol. The van der Waals surface area contributed by atoms with Crippen LogP contribution in [0.3, 0.4) is 0 Å². The van der Waals surface area contributed by atoms with Gasteiger partial charge < -0.3 is 18.9 Å². The van der Waals surface area contributed by atoms with Crippen molar-refractivity contribution in [2.75, 3.05) is 28.4 Å². The first kappa shape index (κ1) is 20.7. The molecular formula is C18H18Cl2N2O5. The lowest BCUT2D eigenvalue weighted by atomic mass is 10.1. The van der Waals surface area contributed by atoms with Crippen LogP contribution in [-0.4, -0.2) is 40.6 Å². The summed E-state index contributed by atoms with van der Waals surface area (Å²) in [6, 6.07) is 6.20. The summed E-state index contributed by atoms with van der Waals surface area (Å²) in [7, 11) is 5.88. The predicted molar refractivity (Wildman–Crippen MR) is 104 cm³/mol. The lowest BCUT2D eigenvalue weighted by molar-refractivity contribution is 0.0954. The van der Waals surface area contributed by atoms with Gasteiger partial charge in [0.15, 0.2) is 11.5 Å². The first-order valence-corrected chi connectivity index (χ1v) is 8.37. The van der Waals surface area contributed by atoms with Crippen molar-refractivity contribution < 1.29 is 23.7 Å². The number of carbonyl (C=O) groups is 1. The highest BCUT2D eigenvalue weighted by Crippen LogP contribution is 2.38. The molecule has 0 saturated carbocycles. The van der Waals surface area contributed by atoms with Crippen molar-refractivity contribution >= 4 is 35.3 Å². The van der Waals surface area contributed by atoms with Crippen molar-refractivity contribution in [3.63, 3.8) is 0 Å². The highest BCUT2D eigenvalue weighted by molar-refractivity contribution is 6.36. The van der Waals surface area contributed by atoms with Crippen LogP contribution in [0.4, 0.5) is 0 Å². The number of nitrogens with one attached hydrogen (secondary N) is 1. The summed E-state index contributed by atoms with van der Waals surface area (Å²) in [5, 5.41) is 4.68. The minimum atomic E-state index is -0.474. The number of benzene rings is 2. The standard InChI is InChI=1S/C18H18Cl2N2O5/c1-24-14-6-10(7-15(25-2)17(14)27-4)18(23)22-21-9-11-5-12(19)8-13(20)16(11)26-3/h5-9H,1-4H3,(H,22,23)/b21-9+. The van der Waals surface area contributed by atoms with Crippen molar-refractivity contribution in [2.24, 2.45) is 5.10 Å². The molecule has 0 atom stereocenters. The fraction of sp³-hybridized carbons (Fsp3) is 0.222. The molecule has 0 aromatic heterocycles. The fourth-order valence-electron chi connectivity index (χ4n) is 2.33. The van der Waals surface area contributed by atoms with E-state index in [-0.39, 0.29) is 5.56 Å². The van der Waals surface area contributed by atoms with E-state index in [0.29, 0.717) is 38.6 Å². The molecule has 1 amide bonds. The highest BCUT2D eigenvalue weighted by atomic mass is 35.5. The lowest BCUT2D eigenvalue weighted by Crippen LogP contribution is -2.18. The molecule has 0 aliphatic heterocycles. The maximum Gasteiger partial charge on any atom is 0.271 e. The van der Waals surface area contributed by atoms with Gasteiger partial charge in [-0.2, -0.15) is 5.10 Å². The van der Waals surface area contributed by atoms with Crippen LogP contribution in [0.25, 0.3) is 0 Å². The molecule has 0 heterocycles. The number of nitrogens with zero attached hydrogens (tertiary/aromatic N) is 1. The van der Waals surface area contributed by atoms with Crippen LogP contribution >= 0.6 is 23.2 Å². The van der Waals surface area contributed by atoms with E-state index < -0.39 is 5.91 Å². The second kappa shape index (κ2) is 9.34. The second-order valence-electron chi connectivity index (χ2n) is 5.12. The Kier molecular flexibility index (Phi) is 7.15. The zero-order valence-corrected chi connectivity index (χ0v) is 16.6. The van der Waals surface area contributed by atoms with Gasteiger partial charge in [0.1, 0.15) is 5.75 Å². The Bertz CT molecular complexity index is 846. The van der Waals surface area contributed by atoms with Crippen molar-refractivity contribution in [3.05, 3.63) is 45.4 Å². The Morgan fingerprint density at radius 3 is 2.04 bits per heavy atom. The monoisotopic (exact) mass is 412 g/mol. The first-order valence-electron chi connectivity index (χ1n) is 7.61. The molecule has 0 bridgehead atoms. The molecule has 0 unspecified atom stereocenters. The van der Waals surface area contributed by atoms with E-state index in [2.05, 4.69) is 10.5 Å². The maximum absolute atomic E-state index is 12.4. The van der Waals surface area contributed by atoms with Gasteiger partial charge in [-0.15, -0.1) is 0 Å². The molecular weight excluding hydrogens is 395 g/mol. The second-order valence-corrected chi connectivity index (χ2v) is 5.97. The van der Waals surface area contributed by atoms with Gasteiger partial charge in [-0.05, 0) is 24.3 Å². The molecule has 2 rings (SSSR count). The molecule has 0 spiro atoms. The minimum Gasteiger partial charge on any atom is -0.495 e. The van der Waals surface area contributed by atoms with Gasteiger partial charge in [0.2, 0.25) is 5.75 Å². The minimum absolute atomic E-state index is 0.276. The number of carbonyl (C=O) groups excluding carboxylic acids is 1. The summed E-state index contributed by atoms with van der Waals surface area (Å²) in [4.78, 5) is 12.4. The number of hydrogen-bond acceptors (Lipinski definition) is 6. The predicted octanol–water partition coefficient (Wildman–Crippen LogP) is 3.79. The van der Waals surface area contributed by atoms with Crippen LogP contribution in [0.5, 0.6) is 23.0 Å². The molecule has 0 aliphatic rings. The normalized spacial score (nSPS) is 10.6. The van der Waals surface area contributed by atoms with Gasteiger partial charge in [0.05, 0.1) is 39.7 Å². The van der Waals surface area contributed by atoms with Crippen LogP contribution in [0.1, 0.15) is 15.9 Å². The summed E-state index contributed by atoms with van der Waals surface area (Å²) >= 11 is 12.1. The van der Waals surface area contributed by atoms with E-state index in [0.717, 1.165) is 0 Å². The van der Waals surface area contributed by atoms with E-state index in [1.165, 1.54) is 46.8 Å². The summed E-state index contributed by atoms with van der Waals surface area (Å²) in [5.74, 6) is 1.02. The van der Waals surface area contributed by atoms with Crippen LogP contribution in [0, 0.1) is 0 Å². The summed E-state index contributed by atoms with van der Waals surface area (Å²) in [6.45, 7) is 0. The molecule has 2 aromatic carbocycles. The number of methoxy groups -OCH3 is 4. The van der Waals surface area contributed by atoms with E-state index in [1.807, 2.05) is 0 Å². The Morgan fingerprint density at radius 1 is 0.926 bits per heavy atom. The van der Waals surface area contributed by atoms with Crippen LogP contribution in [0.2, 0.25) is 10.0 Å². The van der Waals surface area contributed by atoms with Gasteiger partial charge in [0.25, 0.3) is 5.91 Å². The number of ether oxygens (including phenoxy) is 4. The zero-order chi connectivity index (χ0) is 20.0. The molecule has 0 aliphatic carbocycles. The lowest BCUT2D eigenvalue weighted by Gasteiger charge is -2.13. The Morgan fingerprint density at radius 2 is 1.52 bits per heavy atom. The number of rotatable bonds is 7. The largest absolute Gasteiger partial charge is 0.495 e. The molecule has 7 nitrogen and oxygen atoms in total. The SMILES string of the molecule is COc1cc(C(=O)N/N=C/c2cc(Cl)cc(Cl)c2OC)cc(OC)c1OC. The third kappa shape index (κ3) is 4.75. The first-order chi connectivity index (χ1) is 12.9. The fourth-order valence-corrected chi connectivity index (χ4v) is 2.92. The van der Waals surface area contributed by atoms with Crippen molar-refractivity contribution in [1.29, 1.82) is 0 Å². The molecule has 1 N–H and O–H groups in total.